The highest BCUT2D eigenvalue weighted by Crippen LogP contribution is 2.35. The second-order valence-electron chi connectivity index (χ2n) is 6.27. The number of halogens is 4. The Balaban J connectivity index is 1.53. The van der Waals surface area contributed by atoms with Crippen molar-refractivity contribution in [1.82, 2.24) is 0 Å². The van der Waals surface area contributed by atoms with E-state index in [0.29, 0.717) is 48.5 Å². The maximum atomic E-state index is 12.5. The van der Waals surface area contributed by atoms with Gasteiger partial charge in [-0.1, -0.05) is 58.5 Å². The molecule has 2 aromatic carbocycles. The molecule has 0 aliphatic carbocycles. The van der Waals surface area contributed by atoms with Crippen LogP contribution in [0.5, 0.6) is 0 Å². The summed E-state index contributed by atoms with van der Waals surface area (Å²) in [4.78, 5) is 12.5. The van der Waals surface area contributed by atoms with Crippen LogP contribution in [0.15, 0.2) is 75.6 Å². The van der Waals surface area contributed by atoms with Gasteiger partial charge >= 0.3 is 0 Å². The summed E-state index contributed by atoms with van der Waals surface area (Å²) in [6.07, 6.45) is 2.92. The van der Waals surface area contributed by atoms with Crippen LogP contribution in [0.3, 0.4) is 0 Å². The van der Waals surface area contributed by atoms with Crippen molar-refractivity contribution >= 4 is 58.3 Å². The van der Waals surface area contributed by atoms with Crippen molar-refractivity contribution in [2.24, 2.45) is 0 Å². The van der Waals surface area contributed by atoms with Gasteiger partial charge < -0.3 is 8.83 Å². The van der Waals surface area contributed by atoms with Crippen LogP contribution in [0.4, 0.5) is 0 Å². The largest absolute Gasteiger partial charge is 0.457 e. The summed E-state index contributed by atoms with van der Waals surface area (Å²) in [5.41, 5.74) is 1.28. The summed E-state index contributed by atoms with van der Waals surface area (Å²) in [7, 11) is 0. The molecule has 2 heterocycles. The van der Waals surface area contributed by atoms with Crippen molar-refractivity contribution in [2.75, 3.05) is 0 Å². The van der Waals surface area contributed by atoms with E-state index in [0.717, 1.165) is 0 Å². The van der Waals surface area contributed by atoms with Crippen molar-refractivity contribution in [1.29, 1.82) is 0 Å². The number of allylic oxidation sites excluding steroid dienone is 1. The van der Waals surface area contributed by atoms with Crippen LogP contribution < -0.4 is 0 Å². The summed E-state index contributed by atoms with van der Waals surface area (Å²) in [6.45, 7) is 0. The van der Waals surface area contributed by atoms with E-state index >= 15 is 0 Å². The number of hydrogen-bond donors (Lipinski definition) is 0. The van der Waals surface area contributed by atoms with E-state index < -0.39 is 0 Å². The molecule has 0 unspecified atom stereocenters. The number of benzene rings is 2. The van der Waals surface area contributed by atoms with E-state index in [4.69, 9.17) is 55.2 Å². The fourth-order valence-corrected chi connectivity index (χ4v) is 3.62. The number of furan rings is 2. The molecule has 0 fully saturated rings. The van der Waals surface area contributed by atoms with Crippen LogP contribution in [0, 0.1) is 0 Å². The zero-order valence-corrected chi connectivity index (χ0v) is 18.2. The Kier molecular flexibility index (Phi) is 6.07. The first-order valence-electron chi connectivity index (χ1n) is 8.75. The first kappa shape index (κ1) is 20.8. The zero-order chi connectivity index (χ0) is 21.3. The monoisotopic (exact) mass is 476 g/mol. The number of rotatable bonds is 5. The van der Waals surface area contributed by atoms with Gasteiger partial charge in [-0.25, -0.2) is 0 Å². The lowest BCUT2D eigenvalue weighted by atomic mass is 10.2. The standard InChI is InChI=1S/C23H12Cl4O3/c24-16-5-1-3-14(22(16)26)19-10-8-13(29-19)7-9-18(28)21-12-11-20(30-21)15-4-2-6-17(25)23(15)27/h1-12H/b9-7+. The lowest BCUT2D eigenvalue weighted by Gasteiger charge is -2.02. The Morgan fingerprint density at radius 3 is 1.90 bits per heavy atom. The molecule has 0 N–H and O–H groups in total. The number of ketones is 1. The lowest BCUT2D eigenvalue weighted by molar-refractivity contribution is 0.102. The summed E-state index contributed by atoms with van der Waals surface area (Å²) in [6, 6.07) is 17.2. The molecular formula is C23H12Cl4O3. The van der Waals surface area contributed by atoms with Gasteiger partial charge in [0.15, 0.2) is 5.76 Å². The highest BCUT2D eigenvalue weighted by atomic mass is 35.5. The molecule has 0 saturated heterocycles. The van der Waals surface area contributed by atoms with E-state index in [9.17, 15) is 4.79 Å². The molecule has 30 heavy (non-hydrogen) atoms. The predicted molar refractivity (Wildman–Crippen MR) is 122 cm³/mol. The Hall–Kier alpha value is -2.43. The quantitative estimate of drug-likeness (QED) is 0.213. The Bertz CT molecular complexity index is 1270. The van der Waals surface area contributed by atoms with E-state index in [2.05, 4.69) is 0 Å². The van der Waals surface area contributed by atoms with Gasteiger partial charge in [-0.3, -0.25) is 4.79 Å². The molecule has 150 valence electrons. The molecule has 4 rings (SSSR count). The van der Waals surface area contributed by atoms with Gasteiger partial charge in [-0.15, -0.1) is 0 Å². The maximum Gasteiger partial charge on any atom is 0.221 e. The fourth-order valence-electron chi connectivity index (χ4n) is 2.83. The van der Waals surface area contributed by atoms with E-state index in [1.54, 1.807) is 66.7 Å². The van der Waals surface area contributed by atoms with Gasteiger partial charge in [0.2, 0.25) is 5.78 Å². The van der Waals surface area contributed by atoms with E-state index in [-0.39, 0.29) is 11.5 Å². The normalized spacial score (nSPS) is 11.3. The smallest absolute Gasteiger partial charge is 0.221 e. The Labute approximate surface area is 192 Å². The van der Waals surface area contributed by atoms with E-state index in [1.165, 1.54) is 6.08 Å². The highest BCUT2D eigenvalue weighted by molar-refractivity contribution is 6.44. The van der Waals surface area contributed by atoms with Crippen molar-refractivity contribution in [2.45, 2.75) is 0 Å². The third kappa shape index (κ3) is 4.21. The minimum atomic E-state index is -0.321. The average molecular weight is 478 g/mol. The molecule has 0 bridgehead atoms. The molecule has 0 spiro atoms. The molecule has 7 heteroatoms. The van der Waals surface area contributed by atoms with Crippen molar-refractivity contribution < 1.29 is 13.6 Å². The molecule has 0 amide bonds. The summed E-state index contributed by atoms with van der Waals surface area (Å²) >= 11 is 24.5. The summed E-state index contributed by atoms with van der Waals surface area (Å²) < 4.78 is 11.4. The third-order valence-corrected chi connectivity index (χ3v) is 5.95. The van der Waals surface area contributed by atoms with Crippen LogP contribution >= 0.6 is 46.4 Å². The van der Waals surface area contributed by atoms with Gasteiger partial charge in [-0.05, 0) is 60.7 Å². The second kappa shape index (κ2) is 8.75. The average Bonchev–Trinajstić information content (AvgIpc) is 3.40. The minimum Gasteiger partial charge on any atom is -0.457 e. The van der Waals surface area contributed by atoms with Gasteiger partial charge in [0.25, 0.3) is 0 Å². The zero-order valence-electron chi connectivity index (χ0n) is 15.2. The van der Waals surface area contributed by atoms with Crippen LogP contribution in [-0.4, -0.2) is 5.78 Å². The molecule has 0 atom stereocenters. The Morgan fingerprint density at radius 1 is 0.700 bits per heavy atom. The molecule has 2 aromatic heterocycles. The predicted octanol–water partition coefficient (Wildman–Crippen LogP) is 8.72. The maximum absolute atomic E-state index is 12.5. The number of carbonyl (C=O) groups is 1. The van der Waals surface area contributed by atoms with Crippen LogP contribution in [0.25, 0.3) is 28.7 Å². The topological polar surface area (TPSA) is 43.4 Å². The molecule has 0 radical (unpaired) electrons. The van der Waals surface area contributed by atoms with Gasteiger partial charge in [-0.2, -0.15) is 0 Å². The highest BCUT2D eigenvalue weighted by Gasteiger charge is 2.14. The second-order valence-corrected chi connectivity index (χ2v) is 7.84. The van der Waals surface area contributed by atoms with Gasteiger partial charge in [0, 0.05) is 11.1 Å². The number of hydrogen-bond acceptors (Lipinski definition) is 3. The molecule has 4 aromatic rings. The molecule has 0 aliphatic rings. The van der Waals surface area contributed by atoms with Crippen molar-refractivity contribution in [3.8, 4) is 22.6 Å². The first-order chi connectivity index (χ1) is 14.4. The van der Waals surface area contributed by atoms with Crippen LogP contribution in [-0.2, 0) is 0 Å². The molecule has 0 aliphatic heterocycles. The minimum absolute atomic E-state index is 0.168. The van der Waals surface area contributed by atoms with Gasteiger partial charge in [0.1, 0.15) is 17.3 Å². The molecule has 3 nitrogen and oxygen atoms in total. The SMILES string of the molecule is O=C(/C=C/c1ccc(-c2cccc(Cl)c2Cl)o1)c1ccc(-c2cccc(Cl)c2Cl)o1. The number of carbonyl (C=O) groups excluding carboxylic acids is 1. The lowest BCUT2D eigenvalue weighted by Crippen LogP contribution is -1.90. The Morgan fingerprint density at radius 2 is 1.27 bits per heavy atom. The van der Waals surface area contributed by atoms with E-state index in [1.807, 2.05) is 0 Å². The summed E-state index contributed by atoms with van der Waals surface area (Å²) in [5.74, 6) is 1.33. The van der Waals surface area contributed by atoms with Crippen molar-refractivity contribution in [3.05, 3.63) is 98.4 Å². The molecular weight excluding hydrogens is 466 g/mol. The third-order valence-electron chi connectivity index (χ3n) is 4.31. The van der Waals surface area contributed by atoms with Crippen LogP contribution in [0.1, 0.15) is 16.3 Å². The fraction of sp³-hybridized carbons (Fsp3) is 0. The van der Waals surface area contributed by atoms with Crippen LogP contribution in [0.2, 0.25) is 20.1 Å². The summed E-state index contributed by atoms with van der Waals surface area (Å²) in [5, 5.41) is 1.62. The van der Waals surface area contributed by atoms with Gasteiger partial charge in [0.05, 0.1) is 20.1 Å². The molecule has 0 saturated carbocycles. The first-order valence-corrected chi connectivity index (χ1v) is 10.3. The van der Waals surface area contributed by atoms with Crippen molar-refractivity contribution in [3.63, 3.8) is 0 Å².